The van der Waals surface area contributed by atoms with Gasteiger partial charge in [0.1, 0.15) is 24.1 Å². The molecule has 0 spiro atoms. The molecule has 1 unspecified atom stereocenters. The summed E-state index contributed by atoms with van der Waals surface area (Å²) in [6.07, 6.45) is 1.84. The van der Waals surface area contributed by atoms with E-state index < -0.39 is 12.0 Å². The Labute approximate surface area is 252 Å². The van der Waals surface area contributed by atoms with Crippen molar-refractivity contribution >= 4 is 34.2 Å². The number of esters is 1. The summed E-state index contributed by atoms with van der Waals surface area (Å²) in [5, 5.41) is 1.84. The Kier molecular flexibility index (Phi) is 7.94. The summed E-state index contributed by atoms with van der Waals surface area (Å²) in [7, 11) is 1.59. The molecular weight excluding hydrogens is 560 g/mol. The van der Waals surface area contributed by atoms with E-state index in [1.807, 2.05) is 97.1 Å². The van der Waals surface area contributed by atoms with Gasteiger partial charge in [0.2, 0.25) is 0 Å². The highest BCUT2D eigenvalue weighted by Crippen LogP contribution is 2.40. The fourth-order valence-corrected chi connectivity index (χ4v) is 6.40. The van der Waals surface area contributed by atoms with Crippen LogP contribution in [0.25, 0.3) is 16.8 Å². The van der Waals surface area contributed by atoms with Crippen LogP contribution >= 0.6 is 11.3 Å². The highest BCUT2D eigenvalue weighted by molar-refractivity contribution is 7.07. The van der Waals surface area contributed by atoms with Gasteiger partial charge in [-0.3, -0.25) is 9.36 Å². The summed E-state index contributed by atoms with van der Waals surface area (Å²) in [4.78, 5) is 32.8. The Hall–Kier alpha value is -4.95. The van der Waals surface area contributed by atoms with Crippen LogP contribution in [0.5, 0.6) is 11.5 Å². The second-order valence-corrected chi connectivity index (χ2v) is 11.1. The van der Waals surface area contributed by atoms with Crippen molar-refractivity contribution in [1.82, 2.24) is 4.57 Å². The maximum atomic E-state index is 14.1. The highest BCUT2D eigenvalue weighted by atomic mass is 32.1. The second kappa shape index (κ2) is 12.1. The monoisotopic (exact) mass is 590 g/mol. The molecule has 4 aromatic carbocycles. The molecule has 43 heavy (non-hydrogen) atoms. The minimum absolute atomic E-state index is 0.199. The zero-order valence-corrected chi connectivity index (χ0v) is 24.9. The Morgan fingerprint density at radius 1 is 0.977 bits per heavy atom. The molecule has 1 aliphatic rings. The van der Waals surface area contributed by atoms with Gasteiger partial charge < -0.3 is 14.2 Å². The molecule has 0 N–H and O–H groups in total. The topological polar surface area (TPSA) is 79.1 Å². The number of hydrogen-bond acceptors (Lipinski definition) is 7. The van der Waals surface area contributed by atoms with E-state index in [0.717, 1.165) is 27.6 Å². The minimum atomic E-state index is -0.785. The number of rotatable bonds is 8. The molecule has 8 heteroatoms. The lowest BCUT2D eigenvalue weighted by atomic mass is 9.90. The van der Waals surface area contributed by atoms with Crippen LogP contribution in [0.2, 0.25) is 0 Å². The van der Waals surface area contributed by atoms with Crippen LogP contribution in [0, 0.1) is 0 Å². The first kappa shape index (κ1) is 28.2. The molecule has 5 aromatic rings. The molecule has 1 aromatic heterocycles. The van der Waals surface area contributed by atoms with Crippen LogP contribution in [0.15, 0.2) is 112 Å². The molecule has 0 aliphatic carbocycles. The molecule has 0 saturated heterocycles. The fraction of sp³-hybridized carbons (Fsp3) is 0.171. The summed E-state index contributed by atoms with van der Waals surface area (Å²) in [5.41, 5.74) is 3.22. The molecule has 0 fully saturated rings. The van der Waals surface area contributed by atoms with Crippen molar-refractivity contribution in [3.8, 4) is 11.5 Å². The van der Waals surface area contributed by atoms with E-state index in [9.17, 15) is 9.59 Å². The largest absolute Gasteiger partial charge is 0.496 e. The van der Waals surface area contributed by atoms with Crippen molar-refractivity contribution in [2.75, 3.05) is 13.7 Å². The predicted molar refractivity (Wildman–Crippen MR) is 168 cm³/mol. The Bertz CT molecular complexity index is 2030. The third kappa shape index (κ3) is 5.49. The number of methoxy groups -OCH3 is 1. The van der Waals surface area contributed by atoms with Crippen molar-refractivity contribution in [3.63, 3.8) is 0 Å². The van der Waals surface area contributed by atoms with Gasteiger partial charge in [-0.2, -0.15) is 0 Å². The normalized spacial score (nSPS) is 14.8. The average Bonchev–Trinajstić information content (AvgIpc) is 3.33. The molecular formula is C35H30N2O5S. The van der Waals surface area contributed by atoms with Gasteiger partial charge in [0.15, 0.2) is 4.80 Å². The van der Waals surface area contributed by atoms with Crippen molar-refractivity contribution in [2.45, 2.75) is 26.5 Å². The van der Waals surface area contributed by atoms with E-state index in [2.05, 4.69) is 0 Å². The van der Waals surface area contributed by atoms with Gasteiger partial charge >= 0.3 is 5.97 Å². The van der Waals surface area contributed by atoms with E-state index in [1.165, 1.54) is 11.3 Å². The number of nitrogens with zero attached hydrogens (tertiary/aromatic N) is 2. The van der Waals surface area contributed by atoms with Gasteiger partial charge in [0.05, 0.1) is 29.5 Å². The molecule has 2 heterocycles. The number of ether oxygens (including phenoxy) is 3. The molecule has 216 valence electrons. The van der Waals surface area contributed by atoms with Crippen LogP contribution in [0.3, 0.4) is 0 Å². The number of aromatic nitrogens is 1. The molecule has 0 amide bonds. The Balaban J connectivity index is 1.46. The number of carbonyl (C=O) groups is 1. The SMILES string of the molecule is CCOC(=O)C1=C(C)N=c2s/c(=C\c3ccc(OCc4ccccc4)cc3)c(=O)n2C1c1c(OC)ccc2ccccc12. The van der Waals surface area contributed by atoms with Gasteiger partial charge in [-0.1, -0.05) is 84.1 Å². The first-order valence-electron chi connectivity index (χ1n) is 14.0. The number of allylic oxidation sites excluding steroid dienone is 1. The van der Waals surface area contributed by atoms with Crippen LogP contribution in [0.1, 0.15) is 36.6 Å². The fourth-order valence-electron chi connectivity index (χ4n) is 5.35. The minimum Gasteiger partial charge on any atom is -0.496 e. The van der Waals surface area contributed by atoms with Gasteiger partial charge in [-0.25, -0.2) is 9.79 Å². The third-order valence-electron chi connectivity index (χ3n) is 7.37. The first-order chi connectivity index (χ1) is 21.0. The average molecular weight is 591 g/mol. The lowest BCUT2D eigenvalue weighted by Crippen LogP contribution is -2.40. The molecule has 0 saturated carbocycles. The van der Waals surface area contributed by atoms with Gasteiger partial charge in [-0.05, 0) is 60.0 Å². The summed E-state index contributed by atoms with van der Waals surface area (Å²) in [6.45, 7) is 4.21. The van der Waals surface area contributed by atoms with Crippen LogP contribution < -0.4 is 24.4 Å². The van der Waals surface area contributed by atoms with Crippen LogP contribution in [-0.2, 0) is 16.1 Å². The molecule has 1 atom stereocenters. The summed E-state index contributed by atoms with van der Waals surface area (Å²) in [6, 6.07) is 28.5. The quantitative estimate of drug-likeness (QED) is 0.222. The number of fused-ring (bicyclic) bond motifs is 2. The summed E-state index contributed by atoms with van der Waals surface area (Å²) < 4.78 is 19.3. The Morgan fingerprint density at radius 2 is 1.72 bits per heavy atom. The summed E-state index contributed by atoms with van der Waals surface area (Å²) in [5.74, 6) is 0.796. The highest BCUT2D eigenvalue weighted by Gasteiger charge is 2.36. The van der Waals surface area contributed by atoms with Gasteiger partial charge in [0.25, 0.3) is 5.56 Å². The van der Waals surface area contributed by atoms with Gasteiger partial charge in [0, 0.05) is 5.56 Å². The van der Waals surface area contributed by atoms with Crippen molar-refractivity contribution in [3.05, 3.63) is 139 Å². The van der Waals surface area contributed by atoms with Crippen LogP contribution in [0.4, 0.5) is 0 Å². The lowest BCUT2D eigenvalue weighted by Gasteiger charge is -2.27. The van der Waals surface area contributed by atoms with E-state index in [-0.39, 0.29) is 12.2 Å². The predicted octanol–water partition coefficient (Wildman–Crippen LogP) is 5.54. The lowest BCUT2D eigenvalue weighted by molar-refractivity contribution is -0.139. The third-order valence-corrected chi connectivity index (χ3v) is 8.35. The number of thiazole rings is 1. The molecule has 1 aliphatic heterocycles. The maximum absolute atomic E-state index is 14.1. The summed E-state index contributed by atoms with van der Waals surface area (Å²) >= 11 is 1.29. The number of benzene rings is 4. The maximum Gasteiger partial charge on any atom is 0.338 e. The number of hydrogen-bond donors (Lipinski definition) is 0. The van der Waals surface area contributed by atoms with E-state index in [1.54, 1.807) is 25.5 Å². The molecule has 6 rings (SSSR count). The standard InChI is InChI=1S/C35H30N2O5S/c1-4-41-34(39)30-22(2)36-35-37(32(30)31-27-13-9-8-12-25(27)16-19-28(31)40-3)33(38)29(43-35)20-23-14-17-26(18-15-23)42-21-24-10-6-5-7-11-24/h5-20,32H,4,21H2,1-3H3/b29-20-. The zero-order valence-electron chi connectivity index (χ0n) is 24.1. The second-order valence-electron chi connectivity index (χ2n) is 10.0. The molecule has 7 nitrogen and oxygen atoms in total. The van der Waals surface area contributed by atoms with Crippen molar-refractivity contribution in [2.24, 2.45) is 4.99 Å². The zero-order chi connectivity index (χ0) is 29.9. The van der Waals surface area contributed by atoms with E-state index in [4.69, 9.17) is 19.2 Å². The molecule has 0 bridgehead atoms. The molecule has 0 radical (unpaired) electrons. The Morgan fingerprint density at radius 3 is 2.47 bits per heavy atom. The van der Waals surface area contributed by atoms with E-state index in [0.29, 0.717) is 38.5 Å². The van der Waals surface area contributed by atoms with Gasteiger partial charge in [-0.15, -0.1) is 0 Å². The number of carbonyl (C=O) groups excluding carboxylic acids is 1. The van der Waals surface area contributed by atoms with E-state index >= 15 is 0 Å². The first-order valence-corrected chi connectivity index (χ1v) is 14.8. The smallest absolute Gasteiger partial charge is 0.338 e. The van der Waals surface area contributed by atoms with Crippen molar-refractivity contribution in [1.29, 1.82) is 0 Å². The van der Waals surface area contributed by atoms with Crippen molar-refractivity contribution < 1.29 is 19.0 Å². The van der Waals surface area contributed by atoms with Crippen LogP contribution in [-0.4, -0.2) is 24.3 Å².